The van der Waals surface area contributed by atoms with Crippen molar-refractivity contribution < 1.29 is 22.7 Å². The van der Waals surface area contributed by atoms with Gasteiger partial charge in [0.1, 0.15) is 4.88 Å². The lowest BCUT2D eigenvalue weighted by Gasteiger charge is -2.16. The lowest BCUT2D eigenvalue weighted by atomic mass is 10.2. The molecule has 7 nitrogen and oxygen atoms in total. The summed E-state index contributed by atoms with van der Waals surface area (Å²) in [6, 6.07) is 6.36. The number of carbonyl (C=O) groups excluding carboxylic acids is 2. The number of ether oxygens (including phenoxy) is 1. The van der Waals surface area contributed by atoms with Crippen LogP contribution < -0.4 is 5.32 Å². The molecule has 1 atom stereocenters. The number of benzene rings is 1. The Morgan fingerprint density at radius 3 is 2.59 bits per heavy atom. The SMILES string of the molecule is Cc1ccc(S(=O)(=O)N(C)C)cc1NC(=O)C(C)OC(=O)c1cc2c(s1)CCC2. The number of nitrogens with one attached hydrogen (secondary N) is 1. The summed E-state index contributed by atoms with van der Waals surface area (Å²) >= 11 is 1.42. The van der Waals surface area contributed by atoms with E-state index in [1.54, 1.807) is 13.0 Å². The fraction of sp³-hybridized carbons (Fsp3) is 0.400. The summed E-state index contributed by atoms with van der Waals surface area (Å²) in [5.41, 5.74) is 2.24. The van der Waals surface area contributed by atoms with Gasteiger partial charge in [0, 0.05) is 24.7 Å². The summed E-state index contributed by atoms with van der Waals surface area (Å²) < 4.78 is 31.1. The van der Waals surface area contributed by atoms with E-state index in [4.69, 9.17) is 4.74 Å². The second-order valence-corrected chi connectivity index (χ2v) is 10.5. The van der Waals surface area contributed by atoms with Crippen molar-refractivity contribution in [1.29, 1.82) is 0 Å². The fourth-order valence-corrected chi connectivity index (χ4v) is 5.11. The molecule has 0 spiro atoms. The van der Waals surface area contributed by atoms with Crippen LogP contribution >= 0.6 is 11.3 Å². The van der Waals surface area contributed by atoms with E-state index >= 15 is 0 Å². The van der Waals surface area contributed by atoms with Gasteiger partial charge in [-0.2, -0.15) is 0 Å². The van der Waals surface area contributed by atoms with Gasteiger partial charge < -0.3 is 10.1 Å². The molecule has 1 aliphatic rings. The van der Waals surface area contributed by atoms with Gasteiger partial charge in [0.05, 0.1) is 4.90 Å². The number of carbonyl (C=O) groups is 2. The normalized spacial score (nSPS) is 14.5. The number of aryl methyl sites for hydroxylation is 3. The summed E-state index contributed by atoms with van der Waals surface area (Å²) in [6.45, 7) is 3.25. The zero-order valence-corrected chi connectivity index (χ0v) is 18.4. The zero-order chi connectivity index (χ0) is 21.3. The molecule has 3 rings (SSSR count). The first kappa shape index (κ1) is 21.5. The Bertz CT molecular complexity index is 1040. The first-order valence-corrected chi connectivity index (χ1v) is 11.5. The highest BCUT2D eigenvalue weighted by Crippen LogP contribution is 2.31. The second-order valence-electron chi connectivity index (χ2n) is 7.21. The van der Waals surface area contributed by atoms with Crippen LogP contribution in [0.3, 0.4) is 0 Å². The highest BCUT2D eigenvalue weighted by molar-refractivity contribution is 7.89. The molecule has 0 radical (unpaired) electrons. The molecule has 1 amide bonds. The molecule has 29 heavy (non-hydrogen) atoms. The van der Waals surface area contributed by atoms with Gasteiger partial charge in [0.25, 0.3) is 5.91 Å². The minimum atomic E-state index is -3.63. The average Bonchev–Trinajstić information content (AvgIpc) is 3.25. The van der Waals surface area contributed by atoms with Crippen molar-refractivity contribution in [2.24, 2.45) is 0 Å². The van der Waals surface area contributed by atoms with E-state index < -0.39 is 28.0 Å². The second kappa shape index (κ2) is 8.25. The van der Waals surface area contributed by atoms with Crippen molar-refractivity contribution in [3.05, 3.63) is 45.1 Å². The van der Waals surface area contributed by atoms with Gasteiger partial charge in [-0.1, -0.05) is 6.07 Å². The first-order valence-electron chi connectivity index (χ1n) is 9.26. The Kier molecular flexibility index (Phi) is 6.11. The summed E-state index contributed by atoms with van der Waals surface area (Å²) in [7, 11) is -0.748. The quantitative estimate of drug-likeness (QED) is 0.703. The molecule has 1 aliphatic carbocycles. The molecule has 1 N–H and O–H groups in total. The topological polar surface area (TPSA) is 92.8 Å². The molecule has 1 aromatic heterocycles. The van der Waals surface area contributed by atoms with E-state index in [0.29, 0.717) is 16.1 Å². The number of fused-ring (bicyclic) bond motifs is 1. The number of hydrogen-bond acceptors (Lipinski definition) is 6. The molecule has 2 aromatic rings. The van der Waals surface area contributed by atoms with Crippen LogP contribution in [0, 0.1) is 6.92 Å². The number of sulfonamides is 1. The van der Waals surface area contributed by atoms with Gasteiger partial charge in [0.15, 0.2) is 6.10 Å². The number of esters is 1. The smallest absolute Gasteiger partial charge is 0.349 e. The van der Waals surface area contributed by atoms with E-state index in [-0.39, 0.29) is 4.90 Å². The van der Waals surface area contributed by atoms with Crippen LogP contribution in [0.1, 0.15) is 39.0 Å². The van der Waals surface area contributed by atoms with Gasteiger partial charge in [-0.3, -0.25) is 4.79 Å². The Hall–Kier alpha value is -2.23. The summed E-state index contributed by atoms with van der Waals surface area (Å²) in [5.74, 6) is -1.04. The fourth-order valence-electron chi connectivity index (χ4n) is 3.04. The highest BCUT2D eigenvalue weighted by Gasteiger charge is 2.24. The van der Waals surface area contributed by atoms with Crippen LogP contribution in [0.15, 0.2) is 29.2 Å². The maximum Gasteiger partial charge on any atom is 0.349 e. The van der Waals surface area contributed by atoms with E-state index in [0.717, 1.165) is 23.6 Å². The molecule has 1 aromatic carbocycles. The third kappa shape index (κ3) is 4.52. The predicted molar refractivity (Wildman–Crippen MR) is 112 cm³/mol. The Morgan fingerprint density at radius 1 is 1.21 bits per heavy atom. The molecular formula is C20H24N2O5S2. The molecule has 1 heterocycles. The molecule has 0 bridgehead atoms. The molecule has 1 unspecified atom stereocenters. The maximum absolute atomic E-state index is 12.5. The van der Waals surface area contributed by atoms with Crippen LogP contribution in [0.2, 0.25) is 0 Å². The summed E-state index contributed by atoms with van der Waals surface area (Å²) in [5, 5.41) is 2.66. The van der Waals surface area contributed by atoms with Gasteiger partial charge in [0.2, 0.25) is 10.0 Å². The number of thiophene rings is 1. The summed E-state index contributed by atoms with van der Waals surface area (Å²) in [6.07, 6.45) is 2.04. The lowest BCUT2D eigenvalue weighted by molar-refractivity contribution is -0.123. The third-order valence-electron chi connectivity index (χ3n) is 4.85. The van der Waals surface area contributed by atoms with Gasteiger partial charge in [-0.25, -0.2) is 17.5 Å². The molecule has 0 saturated carbocycles. The van der Waals surface area contributed by atoms with Crippen molar-refractivity contribution in [2.75, 3.05) is 19.4 Å². The Balaban J connectivity index is 1.69. The predicted octanol–water partition coefficient (Wildman–Crippen LogP) is 2.98. The average molecular weight is 437 g/mol. The molecule has 0 fully saturated rings. The van der Waals surface area contributed by atoms with Crippen molar-refractivity contribution in [2.45, 2.75) is 44.1 Å². The standard InChI is InChI=1S/C20H24N2O5S2/c1-12-8-9-15(29(25,26)22(3)4)11-16(12)21-19(23)13(2)27-20(24)18-10-14-6-5-7-17(14)28-18/h8-11,13H,5-7H2,1-4H3,(H,21,23). The minimum Gasteiger partial charge on any atom is -0.448 e. The largest absolute Gasteiger partial charge is 0.448 e. The number of nitrogens with zero attached hydrogens (tertiary/aromatic N) is 1. The molecule has 0 aliphatic heterocycles. The monoisotopic (exact) mass is 436 g/mol. The maximum atomic E-state index is 12.5. The van der Waals surface area contributed by atoms with Crippen LogP contribution in [-0.2, 0) is 32.4 Å². The van der Waals surface area contributed by atoms with Crippen molar-refractivity contribution in [1.82, 2.24) is 4.31 Å². The van der Waals surface area contributed by atoms with Gasteiger partial charge in [-0.15, -0.1) is 11.3 Å². The van der Waals surface area contributed by atoms with Gasteiger partial charge >= 0.3 is 5.97 Å². The van der Waals surface area contributed by atoms with E-state index in [2.05, 4.69) is 5.32 Å². The number of amides is 1. The first-order chi connectivity index (χ1) is 13.6. The van der Waals surface area contributed by atoms with Crippen LogP contribution in [0.4, 0.5) is 5.69 Å². The van der Waals surface area contributed by atoms with E-state index in [9.17, 15) is 18.0 Å². The molecule has 0 saturated heterocycles. The number of anilines is 1. The zero-order valence-electron chi connectivity index (χ0n) is 16.8. The van der Waals surface area contributed by atoms with Crippen LogP contribution in [-0.4, -0.2) is 44.8 Å². The van der Waals surface area contributed by atoms with E-state index in [1.807, 2.05) is 6.07 Å². The molecule has 9 heteroatoms. The third-order valence-corrected chi connectivity index (χ3v) is 7.87. The highest BCUT2D eigenvalue weighted by atomic mass is 32.2. The lowest BCUT2D eigenvalue weighted by Crippen LogP contribution is -2.30. The number of rotatable bonds is 6. The molecule has 156 valence electrons. The summed E-state index contributed by atoms with van der Waals surface area (Å²) in [4.78, 5) is 26.7. The number of hydrogen-bond donors (Lipinski definition) is 1. The minimum absolute atomic E-state index is 0.0705. The van der Waals surface area contributed by atoms with Crippen LogP contribution in [0.5, 0.6) is 0 Å². The van der Waals surface area contributed by atoms with Gasteiger partial charge in [-0.05, 0) is 62.4 Å². The Labute approximate surface area is 174 Å². The Morgan fingerprint density at radius 2 is 1.93 bits per heavy atom. The van der Waals surface area contributed by atoms with Crippen LogP contribution in [0.25, 0.3) is 0 Å². The van der Waals surface area contributed by atoms with E-state index in [1.165, 1.54) is 54.9 Å². The van der Waals surface area contributed by atoms with Crippen molar-refractivity contribution >= 4 is 38.9 Å². The van der Waals surface area contributed by atoms with Crippen molar-refractivity contribution in [3.63, 3.8) is 0 Å². The molecular weight excluding hydrogens is 412 g/mol. The van der Waals surface area contributed by atoms with Crippen molar-refractivity contribution in [3.8, 4) is 0 Å².